The fourth-order valence-corrected chi connectivity index (χ4v) is 5.26. The highest BCUT2D eigenvalue weighted by atomic mass is 16.5. The van der Waals surface area contributed by atoms with Crippen molar-refractivity contribution in [1.82, 2.24) is 15.1 Å². The molecule has 1 spiro atoms. The van der Waals surface area contributed by atoms with E-state index in [1.165, 1.54) is 6.92 Å². The van der Waals surface area contributed by atoms with Gasteiger partial charge in [0.1, 0.15) is 17.7 Å². The maximum Gasteiger partial charge on any atom is 0.302 e. The Morgan fingerprint density at radius 3 is 2.33 bits per heavy atom. The Kier molecular flexibility index (Phi) is 5.27. The monoisotopic (exact) mass is 379 g/mol. The number of hydrogen-bond acceptors (Lipinski definition) is 5. The van der Waals surface area contributed by atoms with Gasteiger partial charge in [-0.2, -0.15) is 0 Å². The molecule has 3 fully saturated rings. The minimum absolute atomic E-state index is 0.0310. The average Bonchev–Trinajstić information content (AvgIpc) is 3.24. The molecule has 3 saturated heterocycles. The van der Waals surface area contributed by atoms with E-state index in [2.05, 4.69) is 26.1 Å². The van der Waals surface area contributed by atoms with Crippen molar-refractivity contribution < 1.29 is 19.1 Å². The highest BCUT2D eigenvalue weighted by Crippen LogP contribution is 2.48. The summed E-state index contributed by atoms with van der Waals surface area (Å²) in [5, 5.41) is 3.43. The topological polar surface area (TPSA) is 79.0 Å². The Morgan fingerprint density at radius 1 is 1.22 bits per heavy atom. The van der Waals surface area contributed by atoms with E-state index in [9.17, 15) is 14.4 Å². The van der Waals surface area contributed by atoms with Crippen LogP contribution in [0.25, 0.3) is 0 Å². The number of nitrogens with zero attached hydrogens (tertiary/aromatic N) is 2. The van der Waals surface area contributed by atoms with Crippen LogP contribution in [0.2, 0.25) is 0 Å². The summed E-state index contributed by atoms with van der Waals surface area (Å²) in [6.07, 6.45) is 3.02. The van der Waals surface area contributed by atoms with E-state index in [1.54, 1.807) is 11.8 Å². The summed E-state index contributed by atoms with van der Waals surface area (Å²) in [6, 6.07) is -0.883. The first-order valence-electron chi connectivity index (χ1n) is 10.1. The molecule has 3 rings (SSSR count). The van der Waals surface area contributed by atoms with Gasteiger partial charge in [0.15, 0.2) is 0 Å². The number of carbonyl (C=O) groups excluding carboxylic acids is 3. The minimum Gasteiger partial charge on any atom is -0.460 e. The molecule has 4 atom stereocenters. The van der Waals surface area contributed by atoms with Gasteiger partial charge in [0.2, 0.25) is 11.8 Å². The lowest BCUT2D eigenvalue weighted by atomic mass is 9.64. The molecule has 0 radical (unpaired) electrons. The van der Waals surface area contributed by atoms with Crippen LogP contribution in [0.4, 0.5) is 0 Å². The number of likely N-dealkylation sites (tertiary alicyclic amines) is 2. The van der Waals surface area contributed by atoms with Crippen molar-refractivity contribution in [3.8, 4) is 0 Å². The zero-order valence-corrected chi connectivity index (χ0v) is 17.2. The van der Waals surface area contributed by atoms with Gasteiger partial charge in [-0.3, -0.25) is 14.4 Å². The van der Waals surface area contributed by atoms with Crippen molar-refractivity contribution in [1.29, 1.82) is 0 Å². The lowest BCUT2D eigenvalue weighted by Crippen LogP contribution is -2.84. The van der Waals surface area contributed by atoms with Gasteiger partial charge >= 0.3 is 5.97 Å². The fraction of sp³-hybridized carbons (Fsp3) is 0.850. The van der Waals surface area contributed by atoms with Gasteiger partial charge in [-0.15, -0.1) is 0 Å². The second-order valence-corrected chi connectivity index (χ2v) is 9.27. The summed E-state index contributed by atoms with van der Waals surface area (Å²) in [7, 11) is 0. The molecule has 0 aromatic heterocycles. The highest BCUT2D eigenvalue weighted by Gasteiger charge is 2.68. The van der Waals surface area contributed by atoms with Crippen LogP contribution < -0.4 is 5.32 Å². The Bertz CT molecular complexity index is 615. The Morgan fingerprint density at radius 2 is 1.85 bits per heavy atom. The quantitative estimate of drug-likeness (QED) is 0.589. The number of amides is 2. The summed E-state index contributed by atoms with van der Waals surface area (Å²) < 4.78 is 5.41. The summed E-state index contributed by atoms with van der Waals surface area (Å²) >= 11 is 0. The van der Waals surface area contributed by atoms with Crippen molar-refractivity contribution >= 4 is 17.8 Å². The van der Waals surface area contributed by atoms with Crippen LogP contribution in [0.15, 0.2) is 0 Å². The smallest absolute Gasteiger partial charge is 0.302 e. The molecule has 27 heavy (non-hydrogen) atoms. The van der Waals surface area contributed by atoms with Crippen LogP contribution in [0.1, 0.15) is 60.3 Å². The normalized spacial score (nSPS) is 30.4. The molecule has 3 heterocycles. The lowest BCUT2D eigenvalue weighted by molar-refractivity contribution is -0.190. The second-order valence-electron chi connectivity index (χ2n) is 9.27. The maximum absolute atomic E-state index is 13.3. The standard InChI is InChI=1S/C20H33N3O4/c1-13(27-14(2)24)15(16(25)22-11-6-7-12-22)23-17(19(3,4)5)20(18(23)26)9-8-10-21-20/h13,15,17,21H,6-12H2,1-5H3/t13-,15+,17?,20?/m1/s1. The minimum atomic E-state index is -0.767. The molecule has 0 aromatic carbocycles. The molecule has 0 bridgehead atoms. The number of ether oxygens (including phenoxy) is 1. The third kappa shape index (κ3) is 3.35. The van der Waals surface area contributed by atoms with Crippen molar-refractivity contribution in [2.75, 3.05) is 19.6 Å². The zero-order chi connectivity index (χ0) is 20.0. The predicted octanol–water partition coefficient (Wildman–Crippen LogP) is 1.31. The van der Waals surface area contributed by atoms with Crippen LogP contribution in [0.5, 0.6) is 0 Å². The lowest BCUT2D eigenvalue weighted by Gasteiger charge is -2.62. The predicted molar refractivity (Wildman–Crippen MR) is 101 cm³/mol. The van der Waals surface area contributed by atoms with Crippen molar-refractivity contribution in [3.05, 3.63) is 0 Å². The molecule has 152 valence electrons. The van der Waals surface area contributed by atoms with Crippen molar-refractivity contribution in [3.63, 3.8) is 0 Å². The fourth-order valence-electron chi connectivity index (χ4n) is 5.26. The molecule has 2 amide bonds. The van der Waals surface area contributed by atoms with E-state index < -0.39 is 23.7 Å². The van der Waals surface area contributed by atoms with Crippen LogP contribution in [-0.4, -0.2) is 70.9 Å². The first kappa shape index (κ1) is 20.1. The highest BCUT2D eigenvalue weighted by molar-refractivity contribution is 5.99. The van der Waals surface area contributed by atoms with Gasteiger partial charge in [0.05, 0.1) is 6.04 Å². The molecule has 7 nitrogen and oxygen atoms in total. The molecular weight excluding hydrogens is 346 g/mol. The zero-order valence-electron chi connectivity index (χ0n) is 17.2. The van der Waals surface area contributed by atoms with E-state index in [0.717, 1.165) is 32.2 Å². The van der Waals surface area contributed by atoms with Crippen molar-refractivity contribution in [2.45, 2.75) is 84.0 Å². The number of nitrogens with one attached hydrogen (secondary N) is 1. The van der Waals surface area contributed by atoms with E-state index in [1.807, 2.05) is 4.90 Å². The van der Waals surface area contributed by atoms with E-state index in [-0.39, 0.29) is 23.3 Å². The van der Waals surface area contributed by atoms with Crippen LogP contribution in [0, 0.1) is 5.41 Å². The Balaban J connectivity index is 1.95. The molecule has 0 aliphatic carbocycles. The van der Waals surface area contributed by atoms with Crippen LogP contribution >= 0.6 is 0 Å². The Hall–Kier alpha value is -1.63. The van der Waals surface area contributed by atoms with Crippen molar-refractivity contribution in [2.24, 2.45) is 5.41 Å². The molecule has 2 unspecified atom stereocenters. The van der Waals surface area contributed by atoms with E-state index in [0.29, 0.717) is 13.1 Å². The van der Waals surface area contributed by atoms with E-state index >= 15 is 0 Å². The largest absolute Gasteiger partial charge is 0.460 e. The SMILES string of the molecule is CC(=O)O[C@H](C)[C@@H](C(=O)N1CCCC1)N1C(=O)C2(CCCN2)C1C(C)(C)C. The summed E-state index contributed by atoms with van der Waals surface area (Å²) in [4.78, 5) is 41.8. The van der Waals surface area contributed by atoms with Gasteiger partial charge < -0.3 is 19.9 Å². The maximum atomic E-state index is 13.3. The molecule has 7 heteroatoms. The first-order chi connectivity index (χ1) is 12.6. The number of esters is 1. The van der Waals surface area contributed by atoms with Crippen LogP contribution in [0.3, 0.4) is 0 Å². The number of hydrogen-bond donors (Lipinski definition) is 1. The van der Waals surface area contributed by atoms with E-state index in [4.69, 9.17) is 4.74 Å². The third-order valence-electron chi connectivity index (χ3n) is 6.14. The van der Waals surface area contributed by atoms with Gasteiger partial charge in [-0.25, -0.2) is 0 Å². The molecular formula is C20H33N3O4. The van der Waals surface area contributed by atoms with Gasteiger partial charge in [-0.05, 0) is 44.6 Å². The first-order valence-corrected chi connectivity index (χ1v) is 10.1. The molecule has 0 saturated carbocycles. The van der Waals surface area contributed by atoms with Gasteiger partial charge in [0.25, 0.3) is 0 Å². The van der Waals surface area contributed by atoms with Gasteiger partial charge in [-0.1, -0.05) is 20.8 Å². The molecule has 0 aromatic rings. The molecule has 3 aliphatic heterocycles. The molecule has 3 aliphatic rings. The Labute approximate surface area is 161 Å². The molecule has 1 N–H and O–H groups in total. The second kappa shape index (κ2) is 7.08. The summed E-state index contributed by atoms with van der Waals surface area (Å²) in [5.41, 5.74) is -0.789. The summed E-state index contributed by atoms with van der Waals surface area (Å²) in [6.45, 7) is 11.6. The number of carbonyl (C=O) groups is 3. The number of β-lactam (4-membered cyclic amide) rings is 1. The third-order valence-corrected chi connectivity index (χ3v) is 6.14. The van der Waals surface area contributed by atoms with Gasteiger partial charge in [0, 0.05) is 20.0 Å². The number of rotatable bonds is 4. The average molecular weight is 380 g/mol. The van der Waals surface area contributed by atoms with Crippen LogP contribution in [-0.2, 0) is 19.1 Å². The summed E-state index contributed by atoms with van der Waals surface area (Å²) in [5.74, 6) is -0.566.